The third-order valence-corrected chi connectivity index (χ3v) is 7.93. The van der Waals surface area contributed by atoms with Crippen LogP contribution in [0.1, 0.15) is 49.3 Å². The molecule has 5 nitrogen and oxygen atoms in total. The lowest BCUT2D eigenvalue weighted by Crippen LogP contribution is -2.27. The average molecular weight is 530 g/mol. The monoisotopic (exact) mass is 529 g/mol. The van der Waals surface area contributed by atoms with Gasteiger partial charge in [-0.1, -0.05) is 65.3 Å². The molecule has 1 amide bonds. The van der Waals surface area contributed by atoms with Gasteiger partial charge < -0.3 is 14.7 Å². The van der Waals surface area contributed by atoms with Crippen molar-refractivity contribution in [2.45, 2.75) is 50.8 Å². The highest BCUT2D eigenvalue weighted by Crippen LogP contribution is 2.64. The molecule has 0 heterocycles. The summed E-state index contributed by atoms with van der Waals surface area (Å²) < 4.78 is 46.4. The molecule has 0 aromatic heterocycles. The minimum atomic E-state index is -5.22. The lowest BCUT2D eigenvalue weighted by molar-refractivity contribution is -0.122. The maximum atomic E-state index is 14.7. The minimum Gasteiger partial charge on any atom is -0.356 e. The minimum absolute atomic E-state index is 0.00974. The summed E-state index contributed by atoms with van der Waals surface area (Å²) in [5.41, 5.74) is -2.79. The number of alkyl halides is 2. The molecular formula is C23H27BrF2NO4P. The second kappa shape index (κ2) is 10.1. The molecular weight excluding hydrogens is 503 g/mol. The molecule has 4 atom stereocenters. The Morgan fingerprint density at radius 3 is 2.62 bits per heavy atom. The van der Waals surface area contributed by atoms with E-state index >= 15 is 0 Å². The number of halogens is 3. The maximum Gasteiger partial charge on any atom is 0.402 e. The standard InChI is InChI=1S/C23H27BrF2NO4P/c1-3-15(2)31-32(29,30)23(25,26)20-10-9-16(13-21(20)24)11-12-27-22(28)19-14-18(19)17-7-5-4-6-8-17/h4-10,13,15,18-19H,3,11-12,14H2,1-2H3,(H,27,28)(H,29,30). The van der Waals surface area contributed by atoms with E-state index in [1.165, 1.54) is 19.1 Å². The zero-order valence-corrected chi connectivity index (χ0v) is 20.4. The van der Waals surface area contributed by atoms with Crippen molar-refractivity contribution in [2.24, 2.45) is 5.92 Å². The summed E-state index contributed by atoms with van der Waals surface area (Å²) in [6, 6.07) is 14.0. The second-order valence-electron chi connectivity index (χ2n) is 8.10. The lowest BCUT2D eigenvalue weighted by atomic mass is 10.1. The number of hydrogen-bond acceptors (Lipinski definition) is 3. The first kappa shape index (κ1) is 25.0. The van der Waals surface area contributed by atoms with Gasteiger partial charge in [0.25, 0.3) is 0 Å². The molecule has 0 radical (unpaired) electrons. The number of nitrogens with one attached hydrogen (secondary N) is 1. The maximum absolute atomic E-state index is 14.7. The fourth-order valence-corrected chi connectivity index (χ4v) is 5.61. The second-order valence-corrected chi connectivity index (χ2v) is 10.8. The molecule has 1 saturated carbocycles. The number of carbonyl (C=O) groups is 1. The fraction of sp³-hybridized carbons (Fsp3) is 0.435. The van der Waals surface area contributed by atoms with Gasteiger partial charge in [0.2, 0.25) is 5.91 Å². The van der Waals surface area contributed by atoms with E-state index < -0.39 is 24.9 Å². The van der Waals surface area contributed by atoms with Gasteiger partial charge in [-0.15, -0.1) is 0 Å². The largest absolute Gasteiger partial charge is 0.402 e. The highest BCUT2D eigenvalue weighted by atomic mass is 79.9. The Bertz CT molecular complexity index is 1000. The molecule has 174 valence electrons. The van der Waals surface area contributed by atoms with Crippen LogP contribution in [0.5, 0.6) is 0 Å². The molecule has 2 aromatic carbocycles. The van der Waals surface area contributed by atoms with Gasteiger partial charge in [-0.05, 0) is 49.3 Å². The molecule has 1 fully saturated rings. The van der Waals surface area contributed by atoms with Crippen LogP contribution in [0.25, 0.3) is 0 Å². The molecule has 1 aliphatic carbocycles. The molecule has 2 aromatic rings. The van der Waals surface area contributed by atoms with E-state index in [2.05, 4.69) is 21.2 Å². The van der Waals surface area contributed by atoms with Crippen molar-refractivity contribution in [1.29, 1.82) is 0 Å². The van der Waals surface area contributed by atoms with Crippen LogP contribution >= 0.6 is 23.5 Å². The van der Waals surface area contributed by atoms with E-state index in [0.717, 1.165) is 18.1 Å². The van der Waals surface area contributed by atoms with Gasteiger partial charge in [-0.25, -0.2) is 0 Å². The molecule has 2 N–H and O–H groups in total. The van der Waals surface area contributed by atoms with Gasteiger partial charge in [0.1, 0.15) is 0 Å². The van der Waals surface area contributed by atoms with Gasteiger partial charge in [0.05, 0.1) is 6.10 Å². The summed E-state index contributed by atoms with van der Waals surface area (Å²) >= 11 is 3.09. The van der Waals surface area contributed by atoms with Crippen LogP contribution in [-0.2, 0) is 26.0 Å². The van der Waals surface area contributed by atoms with E-state index in [1.54, 1.807) is 6.92 Å². The zero-order valence-electron chi connectivity index (χ0n) is 17.9. The fourth-order valence-electron chi connectivity index (χ4n) is 3.51. The van der Waals surface area contributed by atoms with Crippen molar-refractivity contribution < 1.29 is 27.6 Å². The molecule has 0 aliphatic heterocycles. The average Bonchev–Trinajstić information content (AvgIpc) is 3.55. The Kier molecular flexibility index (Phi) is 7.92. The summed E-state index contributed by atoms with van der Waals surface area (Å²) in [4.78, 5) is 22.2. The highest BCUT2D eigenvalue weighted by Gasteiger charge is 2.54. The molecule has 3 rings (SSSR count). The summed E-state index contributed by atoms with van der Waals surface area (Å²) in [7, 11) is -5.22. The molecule has 32 heavy (non-hydrogen) atoms. The SMILES string of the molecule is CCC(C)OP(=O)(O)C(F)(F)c1ccc(CCNC(=O)C2CC2c2ccccc2)cc1Br. The van der Waals surface area contributed by atoms with Crippen LogP contribution in [-0.4, -0.2) is 23.4 Å². The summed E-state index contributed by atoms with van der Waals surface area (Å²) in [6.45, 7) is 3.51. The van der Waals surface area contributed by atoms with Crippen LogP contribution in [0.3, 0.4) is 0 Å². The first-order chi connectivity index (χ1) is 15.1. The number of hydrogen-bond donors (Lipinski definition) is 2. The van der Waals surface area contributed by atoms with Gasteiger partial charge in [0, 0.05) is 22.5 Å². The summed E-state index contributed by atoms with van der Waals surface area (Å²) in [6.07, 6.45) is 0.829. The molecule has 9 heteroatoms. The first-order valence-electron chi connectivity index (χ1n) is 10.6. The van der Waals surface area contributed by atoms with E-state index in [4.69, 9.17) is 4.52 Å². The van der Waals surface area contributed by atoms with Gasteiger partial charge in [-0.3, -0.25) is 9.36 Å². The normalized spacial score (nSPS) is 20.9. The summed E-state index contributed by atoms with van der Waals surface area (Å²) in [5, 5.41) is 2.90. The highest BCUT2D eigenvalue weighted by molar-refractivity contribution is 9.10. The van der Waals surface area contributed by atoms with Crippen LogP contribution in [0.15, 0.2) is 53.0 Å². The van der Waals surface area contributed by atoms with E-state index in [0.29, 0.717) is 24.9 Å². The predicted molar refractivity (Wildman–Crippen MR) is 123 cm³/mol. The van der Waals surface area contributed by atoms with Crippen molar-refractivity contribution in [1.82, 2.24) is 5.32 Å². The summed E-state index contributed by atoms with van der Waals surface area (Å²) in [5.74, 6) is 0.206. The Balaban J connectivity index is 1.56. The lowest BCUT2D eigenvalue weighted by Gasteiger charge is -2.25. The zero-order chi connectivity index (χ0) is 23.5. The van der Waals surface area contributed by atoms with Crippen LogP contribution in [0, 0.1) is 5.92 Å². The Labute approximate surface area is 195 Å². The van der Waals surface area contributed by atoms with Crippen molar-refractivity contribution in [3.05, 3.63) is 69.7 Å². The van der Waals surface area contributed by atoms with Crippen LogP contribution < -0.4 is 5.32 Å². The number of amides is 1. The van der Waals surface area contributed by atoms with Crippen molar-refractivity contribution in [2.75, 3.05) is 6.54 Å². The van der Waals surface area contributed by atoms with E-state index in [1.807, 2.05) is 30.3 Å². The Hall–Kier alpha value is -1.60. The van der Waals surface area contributed by atoms with Crippen molar-refractivity contribution in [3.8, 4) is 0 Å². The van der Waals surface area contributed by atoms with Gasteiger partial charge in [0.15, 0.2) is 0 Å². The Morgan fingerprint density at radius 1 is 1.31 bits per heavy atom. The molecule has 0 bridgehead atoms. The quantitative estimate of drug-likeness (QED) is 0.372. The van der Waals surface area contributed by atoms with Crippen molar-refractivity contribution >= 4 is 29.4 Å². The van der Waals surface area contributed by atoms with E-state index in [9.17, 15) is 23.0 Å². The molecule has 4 unspecified atom stereocenters. The topological polar surface area (TPSA) is 75.6 Å². The van der Waals surface area contributed by atoms with Crippen molar-refractivity contribution in [3.63, 3.8) is 0 Å². The van der Waals surface area contributed by atoms with Gasteiger partial charge >= 0.3 is 13.3 Å². The molecule has 0 spiro atoms. The van der Waals surface area contributed by atoms with Gasteiger partial charge in [-0.2, -0.15) is 8.78 Å². The molecule has 1 aliphatic rings. The predicted octanol–water partition coefficient (Wildman–Crippen LogP) is 5.96. The molecule has 0 saturated heterocycles. The smallest absolute Gasteiger partial charge is 0.356 e. The third-order valence-electron chi connectivity index (χ3n) is 5.68. The van der Waals surface area contributed by atoms with E-state index in [-0.39, 0.29) is 22.2 Å². The first-order valence-corrected chi connectivity index (χ1v) is 12.9. The van der Waals surface area contributed by atoms with Crippen LogP contribution in [0.2, 0.25) is 0 Å². The third kappa shape index (κ3) is 5.66. The van der Waals surface area contributed by atoms with Crippen LogP contribution in [0.4, 0.5) is 8.78 Å². The number of carbonyl (C=O) groups excluding carboxylic acids is 1. The number of benzene rings is 2. The Morgan fingerprint density at radius 2 is 2.00 bits per heavy atom. The number of rotatable bonds is 10.